The van der Waals surface area contributed by atoms with E-state index in [-0.39, 0.29) is 0 Å². The first-order valence-corrected chi connectivity index (χ1v) is 10.7. The Kier molecular flexibility index (Phi) is 5.55. The van der Waals surface area contributed by atoms with Crippen LogP contribution in [0.25, 0.3) is 33.5 Å². The van der Waals surface area contributed by atoms with Crippen LogP contribution >= 0.6 is 0 Å². The summed E-state index contributed by atoms with van der Waals surface area (Å²) in [6.45, 7) is 11.0. The van der Waals surface area contributed by atoms with E-state index in [1.807, 2.05) is 6.20 Å². The molecule has 1 heterocycles. The Labute approximate surface area is 180 Å². The standard InChI is InChI=1S/C29H29N/c1-19(2)25-13-14-30-28(18-25)27-8-6-7-26(17-27)23-9-11-24(12-10-23)29-21(4)15-20(3)16-22(29)5/h6-19H,1-5H3. The van der Waals surface area contributed by atoms with Gasteiger partial charge in [-0.1, -0.05) is 74.0 Å². The summed E-state index contributed by atoms with van der Waals surface area (Å²) in [4.78, 5) is 4.61. The lowest BCUT2D eigenvalue weighted by Gasteiger charge is -2.13. The zero-order valence-corrected chi connectivity index (χ0v) is 18.5. The quantitative estimate of drug-likeness (QED) is 0.342. The molecule has 0 radical (unpaired) electrons. The lowest BCUT2D eigenvalue weighted by atomic mass is 9.92. The van der Waals surface area contributed by atoms with Gasteiger partial charge in [-0.05, 0) is 83.8 Å². The van der Waals surface area contributed by atoms with Crippen molar-refractivity contribution in [3.63, 3.8) is 0 Å². The minimum Gasteiger partial charge on any atom is -0.256 e. The number of aryl methyl sites for hydroxylation is 3. The highest BCUT2D eigenvalue weighted by Crippen LogP contribution is 2.32. The van der Waals surface area contributed by atoms with Gasteiger partial charge in [0.15, 0.2) is 0 Å². The van der Waals surface area contributed by atoms with Crippen molar-refractivity contribution in [3.8, 4) is 33.5 Å². The highest BCUT2D eigenvalue weighted by molar-refractivity contribution is 5.76. The van der Waals surface area contributed by atoms with Crippen LogP contribution < -0.4 is 0 Å². The van der Waals surface area contributed by atoms with Gasteiger partial charge in [0.05, 0.1) is 5.69 Å². The first-order chi connectivity index (χ1) is 14.4. The molecule has 0 bridgehead atoms. The van der Waals surface area contributed by atoms with Crippen molar-refractivity contribution in [2.24, 2.45) is 0 Å². The SMILES string of the molecule is Cc1cc(C)c(-c2ccc(-c3cccc(-c4cc(C(C)C)ccn4)c3)cc2)c(C)c1. The molecule has 0 atom stereocenters. The summed E-state index contributed by atoms with van der Waals surface area (Å²) in [5, 5.41) is 0. The van der Waals surface area contributed by atoms with Crippen LogP contribution in [-0.4, -0.2) is 4.98 Å². The van der Waals surface area contributed by atoms with E-state index >= 15 is 0 Å². The van der Waals surface area contributed by atoms with Gasteiger partial charge in [-0.15, -0.1) is 0 Å². The molecule has 0 N–H and O–H groups in total. The first-order valence-electron chi connectivity index (χ1n) is 10.7. The summed E-state index contributed by atoms with van der Waals surface area (Å²) in [5.74, 6) is 0.496. The molecule has 0 spiro atoms. The van der Waals surface area contributed by atoms with Gasteiger partial charge in [0.2, 0.25) is 0 Å². The van der Waals surface area contributed by atoms with Gasteiger partial charge in [0.25, 0.3) is 0 Å². The second-order valence-corrected chi connectivity index (χ2v) is 8.56. The number of hydrogen-bond donors (Lipinski definition) is 0. The van der Waals surface area contributed by atoms with Crippen molar-refractivity contribution in [1.82, 2.24) is 4.98 Å². The zero-order chi connectivity index (χ0) is 21.3. The van der Waals surface area contributed by atoms with E-state index in [9.17, 15) is 0 Å². The summed E-state index contributed by atoms with van der Waals surface area (Å²) in [6.07, 6.45) is 1.92. The Morgan fingerprint density at radius 1 is 0.633 bits per heavy atom. The Morgan fingerprint density at radius 3 is 1.93 bits per heavy atom. The normalized spacial score (nSPS) is 11.1. The van der Waals surface area contributed by atoms with Crippen molar-refractivity contribution in [1.29, 1.82) is 0 Å². The van der Waals surface area contributed by atoms with Gasteiger partial charge in [-0.25, -0.2) is 0 Å². The molecule has 1 heteroatoms. The monoisotopic (exact) mass is 391 g/mol. The average molecular weight is 392 g/mol. The molecule has 0 amide bonds. The fraction of sp³-hybridized carbons (Fsp3) is 0.207. The minimum atomic E-state index is 0.496. The summed E-state index contributed by atoms with van der Waals surface area (Å²) in [7, 11) is 0. The van der Waals surface area contributed by atoms with Gasteiger partial charge in [0.1, 0.15) is 0 Å². The van der Waals surface area contributed by atoms with Crippen LogP contribution in [0.1, 0.15) is 42.0 Å². The van der Waals surface area contributed by atoms with Crippen molar-refractivity contribution in [3.05, 3.63) is 101 Å². The summed E-state index contributed by atoms with van der Waals surface area (Å²) in [5.41, 5.74) is 12.5. The van der Waals surface area contributed by atoms with Crippen LogP contribution in [0.4, 0.5) is 0 Å². The van der Waals surface area contributed by atoms with Gasteiger partial charge in [-0.3, -0.25) is 4.98 Å². The zero-order valence-electron chi connectivity index (χ0n) is 18.5. The number of benzene rings is 3. The molecule has 0 aliphatic heterocycles. The van der Waals surface area contributed by atoms with Crippen LogP contribution in [0.5, 0.6) is 0 Å². The minimum absolute atomic E-state index is 0.496. The molecule has 0 fully saturated rings. The van der Waals surface area contributed by atoms with E-state index in [1.54, 1.807) is 0 Å². The van der Waals surface area contributed by atoms with Crippen molar-refractivity contribution < 1.29 is 0 Å². The molecule has 0 saturated heterocycles. The maximum Gasteiger partial charge on any atom is 0.0705 e. The van der Waals surface area contributed by atoms with E-state index < -0.39 is 0 Å². The highest BCUT2D eigenvalue weighted by Gasteiger charge is 2.09. The third kappa shape index (κ3) is 4.07. The molecule has 4 aromatic rings. The molecular weight excluding hydrogens is 362 g/mol. The molecule has 0 saturated carbocycles. The molecule has 4 rings (SSSR count). The van der Waals surface area contributed by atoms with E-state index in [0.717, 1.165) is 11.3 Å². The second-order valence-electron chi connectivity index (χ2n) is 8.56. The lowest BCUT2D eigenvalue weighted by Crippen LogP contribution is -1.91. The molecule has 0 aliphatic rings. The summed E-state index contributed by atoms with van der Waals surface area (Å²) >= 11 is 0. The second kappa shape index (κ2) is 8.28. The number of nitrogens with zero attached hydrogens (tertiary/aromatic N) is 1. The van der Waals surface area contributed by atoms with Crippen LogP contribution in [0.2, 0.25) is 0 Å². The third-order valence-electron chi connectivity index (χ3n) is 5.79. The molecule has 0 aliphatic carbocycles. The Bertz CT molecular complexity index is 1160. The highest BCUT2D eigenvalue weighted by atomic mass is 14.7. The lowest BCUT2D eigenvalue weighted by molar-refractivity contribution is 0.864. The third-order valence-corrected chi connectivity index (χ3v) is 5.79. The number of hydrogen-bond acceptors (Lipinski definition) is 1. The molecule has 150 valence electrons. The van der Waals surface area contributed by atoms with Crippen LogP contribution in [0.3, 0.4) is 0 Å². The van der Waals surface area contributed by atoms with E-state index in [1.165, 1.54) is 44.5 Å². The topological polar surface area (TPSA) is 12.9 Å². The molecule has 1 nitrogen and oxygen atoms in total. The fourth-order valence-electron chi connectivity index (χ4n) is 4.29. The van der Waals surface area contributed by atoms with Crippen LogP contribution in [0, 0.1) is 20.8 Å². The van der Waals surface area contributed by atoms with Crippen molar-refractivity contribution >= 4 is 0 Å². The maximum atomic E-state index is 4.61. The van der Waals surface area contributed by atoms with Crippen molar-refractivity contribution in [2.45, 2.75) is 40.5 Å². The molecule has 1 aromatic heterocycles. The summed E-state index contributed by atoms with van der Waals surface area (Å²) < 4.78 is 0. The van der Waals surface area contributed by atoms with Crippen LogP contribution in [-0.2, 0) is 0 Å². The Morgan fingerprint density at radius 2 is 1.27 bits per heavy atom. The molecule has 0 unspecified atom stereocenters. The predicted molar refractivity (Wildman–Crippen MR) is 129 cm³/mol. The number of aromatic nitrogens is 1. The van der Waals surface area contributed by atoms with Crippen molar-refractivity contribution in [2.75, 3.05) is 0 Å². The molecule has 3 aromatic carbocycles. The van der Waals surface area contributed by atoms with Gasteiger partial charge in [0, 0.05) is 11.8 Å². The number of rotatable bonds is 4. The Balaban J connectivity index is 1.68. The first kappa shape index (κ1) is 20.1. The molecular formula is C29H29N. The molecule has 30 heavy (non-hydrogen) atoms. The van der Waals surface area contributed by atoms with E-state index in [4.69, 9.17) is 0 Å². The fourth-order valence-corrected chi connectivity index (χ4v) is 4.29. The van der Waals surface area contributed by atoms with Gasteiger partial charge < -0.3 is 0 Å². The van der Waals surface area contributed by atoms with E-state index in [0.29, 0.717) is 5.92 Å². The number of pyridine rings is 1. The average Bonchev–Trinajstić information content (AvgIpc) is 2.74. The smallest absolute Gasteiger partial charge is 0.0705 e. The summed E-state index contributed by atoms with van der Waals surface area (Å²) in [6, 6.07) is 26.4. The van der Waals surface area contributed by atoms with Gasteiger partial charge >= 0.3 is 0 Å². The Hall–Kier alpha value is -3.19. The van der Waals surface area contributed by atoms with E-state index in [2.05, 4.69) is 112 Å². The predicted octanol–water partition coefficient (Wildman–Crippen LogP) is 8.13. The largest absolute Gasteiger partial charge is 0.256 e. The maximum absolute atomic E-state index is 4.61. The van der Waals surface area contributed by atoms with Gasteiger partial charge in [-0.2, -0.15) is 0 Å². The van der Waals surface area contributed by atoms with Crippen LogP contribution in [0.15, 0.2) is 79.0 Å².